The van der Waals surface area contributed by atoms with Crippen molar-refractivity contribution in [3.05, 3.63) is 29.8 Å². The highest BCUT2D eigenvalue weighted by Gasteiger charge is 2.15. The zero-order valence-electron chi connectivity index (χ0n) is 11.4. The molecule has 1 fully saturated rings. The number of aliphatic hydroxyl groups excluding tert-OH is 1. The van der Waals surface area contributed by atoms with Gasteiger partial charge in [0.25, 0.3) is 0 Å². The Kier molecular flexibility index (Phi) is 5.06. The summed E-state index contributed by atoms with van der Waals surface area (Å²) < 4.78 is 0. The summed E-state index contributed by atoms with van der Waals surface area (Å²) in [5.41, 5.74) is 2.42. The van der Waals surface area contributed by atoms with Crippen LogP contribution in [0.5, 0.6) is 0 Å². The number of rotatable bonds is 4. The standard InChI is InChI=1S/C16H25NO/c1-13-3-2-4-15(8-5-13)17-16-9-6-14(7-10-16)11-12-18/h6-7,9-10,13,15,17-18H,2-5,8,11-12H2,1H3. The van der Waals surface area contributed by atoms with Gasteiger partial charge in [-0.05, 0) is 49.3 Å². The van der Waals surface area contributed by atoms with Gasteiger partial charge in [0.15, 0.2) is 0 Å². The van der Waals surface area contributed by atoms with Gasteiger partial charge in [-0.2, -0.15) is 0 Å². The average Bonchev–Trinajstić information content (AvgIpc) is 2.57. The molecule has 1 aliphatic carbocycles. The van der Waals surface area contributed by atoms with Crippen LogP contribution in [0.15, 0.2) is 24.3 Å². The number of hydrogen-bond donors (Lipinski definition) is 2. The maximum atomic E-state index is 8.89. The SMILES string of the molecule is CC1CCCC(Nc2ccc(CCO)cc2)CC1. The average molecular weight is 247 g/mol. The third-order valence-electron chi connectivity index (χ3n) is 3.98. The normalized spacial score (nSPS) is 24.6. The van der Waals surface area contributed by atoms with E-state index in [0.717, 1.165) is 12.3 Å². The van der Waals surface area contributed by atoms with Crippen LogP contribution in [-0.4, -0.2) is 17.8 Å². The zero-order valence-corrected chi connectivity index (χ0v) is 11.4. The Hall–Kier alpha value is -1.02. The molecule has 1 aromatic rings. The maximum absolute atomic E-state index is 8.89. The lowest BCUT2D eigenvalue weighted by atomic mass is 10.0. The molecular formula is C16H25NO. The van der Waals surface area contributed by atoms with E-state index in [-0.39, 0.29) is 6.61 Å². The molecule has 1 aromatic carbocycles. The van der Waals surface area contributed by atoms with Crippen molar-refractivity contribution in [1.29, 1.82) is 0 Å². The molecule has 0 aliphatic heterocycles. The van der Waals surface area contributed by atoms with Gasteiger partial charge in [-0.3, -0.25) is 0 Å². The summed E-state index contributed by atoms with van der Waals surface area (Å²) in [7, 11) is 0. The van der Waals surface area contributed by atoms with Gasteiger partial charge in [0.05, 0.1) is 0 Å². The summed E-state index contributed by atoms with van der Waals surface area (Å²) in [5, 5.41) is 12.5. The van der Waals surface area contributed by atoms with Gasteiger partial charge < -0.3 is 10.4 Å². The van der Waals surface area contributed by atoms with Crippen molar-refractivity contribution in [1.82, 2.24) is 0 Å². The quantitative estimate of drug-likeness (QED) is 0.797. The molecule has 0 saturated heterocycles. The Balaban J connectivity index is 1.88. The van der Waals surface area contributed by atoms with Crippen molar-refractivity contribution in [3.63, 3.8) is 0 Å². The van der Waals surface area contributed by atoms with Crippen LogP contribution in [0.25, 0.3) is 0 Å². The second-order valence-corrected chi connectivity index (χ2v) is 5.63. The van der Waals surface area contributed by atoms with E-state index < -0.39 is 0 Å². The Morgan fingerprint density at radius 3 is 2.61 bits per heavy atom. The Morgan fingerprint density at radius 1 is 1.11 bits per heavy atom. The highest BCUT2D eigenvalue weighted by molar-refractivity contribution is 5.45. The van der Waals surface area contributed by atoms with E-state index in [0.29, 0.717) is 6.04 Å². The predicted octanol–water partition coefficient (Wildman–Crippen LogP) is 3.60. The van der Waals surface area contributed by atoms with Crippen LogP contribution in [0.3, 0.4) is 0 Å². The van der Waals surface area contributed by atoms with Crippen LogP contribution in [-0.2, 0) is 6.42 Å². The summed E-state index contributed by atoms with van der Waals surface area (Å²) >= 11 is 0. The third-order valence-corrected chi connectivity index (χ3v) is 3.98. The van der Waals surface area contributed by atoms with E-state index in [9.17, 15) is 0 Å². The summed E-state index contributed by atoms with van der Waals surface area (Å²) in [4.78, 5) is 0. The summed E-state index contributed by atoms with van der Waals surface area (Å²) in [5.74, 6) is 0.892. The first-order valence-corrected chi connectivity index (χ1v) is 7.24. The fourth-order valence-electron chi connectivity index (χ4n) is 2.76. The number of nitrogens with one attached hydrogen (secondary N) is 1. The van der Waals surface area contributed by atoms with Gasteiger partial charge in [-0.1, -0.05) is 31.9 Å². The van der Waals surface area contributed by atoms with E-state index in [1.54, 1.807) is 0 Å². The van der Waals surface area contributed by atoms with Crippen molar-refractivity contribution in [2.24, 2.45) is 5.92 Å². The van der Waals surface area contributed by atoms with Crippen molar-refractivity contribution in [2.45, 2.75) is 51.5 Å². The molecule has 0 spiro atoms. The van der Waals surface area contributed by atoms with Gasteiger partial charge in [-0.25, -0.2) is 0 Å². The van der Waals surface area contributed by atoms with Crippen molar-refractivity contribution >= 4 is 5.69 Å². The van der Waals surface area contributed by atoms with Crippen LogP contribution in [0.1, 0.15) is 44.6 Å². The van der Waals surface area contributed by atoms with Gasteiger partial charge in [0, 0.05) is 18.3 Å². The molecular weight excluding hydrogens is 222 g/mol. The molecule has 0 aromatic heterocycles. The molecule has 1 saturated carbocycles. The van der Waals surface area contributed by atoms with E-state index in [1.165, 1.54) is 43.4 Å². The summed E-state index contributed by atoms with van der Waals surface area (Å²) in [6.07, 6.45) is 7.42. The molecule has 0 amide bonds. The monoisotopic (exact) mass is 247 g/mol. The van der Waals surface area contributed by atoms with Crippen LogP contribution in [0.4, 0.5) is 5.69 Å². The molecule has 0 heterocycles. The van der Waals surface area contributed by atoms with Crippen molar-refractivity contribution in [2.75, 3.05) is 11.9 Å². The Bertz CT molecular complexity index is 347. The number of anilines is 1. The van der Waals surface area contributed by atoms with Gasteiger partial charge in [0.1, 0.15) is 0 Å². The first-order chi connectivity index (χ1) is 8.78. The van der Waals surface area contributed by atoms with Crippen LogP contribution >= 0.6 is 0 Å². The first kappa shape index (κ1) is 13.4. The molecule has 2 unspecified atom stereocenters. The number of aliphatic hydroxyl groups is 1. The number of benzene rings is 1. The van der Waals surface area contributed by atoms with Crippen LogP contribution < -0.4 is 5.32 Å². The zero-order chi connectivity index (χ0) is 12.8. The molecule has 0 radical (unpaired) electrons. The topological polar surface area (TPSA) is 32.3 Å². The van der Waals surface area contributed by atoms with Crippen LogP contribution in [0.2, 0.25) is 0 Å². The first-order valence-electron chi connectivity index (χ1n) is 7.24. The largest absolute Gasteiger partial charge is 0.396 e. The molecule has 18 heavy (non-hydrogen) atoms. The minimum Gasteiger partial charge on any atom is -0.396 e. The molecule has 2 atom stereocenters. The van der Waals surface area contributed by atoms with E-state index in [4.69, 9.17) is 5.11 Å². The Morgan fingerprint density at radius 2 is 1.89 bits per heavy atom. The summed E-state index contributed by atoms with van der Waals surface area (Å²) in [6.45, 7) is 2.60. The predicted molar refractivity (Wildman–Crippen MR) is 76.9 cm³/mol. The maximum Gasteiger partial charge on any atom is 0.0471 e. The van der Waals surface area contributed by atoms with E-state index in [1.807, 2.05) is 0 Å². The fourth-order valence-corrected chi connectivity index (χ4v) is 2.76. The molecule has 0 bridgehead atoms. The minimum atomic E-state index is 0.229. The lowest BCUT2D eigenvalue weighted by Crippen LogP contribution is -2.18. The van der Waals surface area contributed by atoms with Crippen molar-refractivity contribution in [3.8, 4) is 0 Å². The summed E-state index contributed by atoms with van der Waals surface area (Å²) in [6, 6.07) is 9.13. The second-order valence-electron chi connectivity index (χ2n) is 5.63. The molecule has 2 heteroatoms. The van der Waals surface area contributed by atoms with Crippen LogP contribution in [0, 0.1) is 5.92 Å². The Labute approximate surface area is 110 Å². The molecule has 2 nitrogen and oxygen atoms in total. The molecule has 1 aliphatic rings. The fraction of sp³-hybridized carbons (Fsp3) is 0.625. The van der Waals surface area contributed by atoms with Gasteiger partial charge in [0.2, 0.25) is 0 Å². The van der Waals surface area contributed by atoms with Crippen molar-refractivity contribution < 1.29 is 5.11 Å². The smallest absolute Gasteiger partial charge is 0.0471 e. The highest BCUT2D eigenvalue weighted by atomic mass is 16.2. The lowest BCUT2D eigenvalue weighted by Gasteiger charge is -2.18. The molecule has 100 valence electrons. The highest BCUT2D eigenvalue weighted by Crippen LogP contribution is 2.25. The van der Waals surface area contributed by atoms with E-state index >= 15 is 0 Å². The molecule has 2 N–H and O–H groups in total. The van der Waals surface area contributed by atoms with Gasteiger partial charge in [-0.15, -0.1) is 0 Å². The molecule has 2 rings (SSSR count). The van der Waals surface area contributed by atoms with E-state index in [2.05, 4.69) is 36.5 Å². The lowest BCUT2D eigenvalue weighted by molar-refractivity contribution is 0.299. The minimum absolute atomic E-state index is 0.229. The second kappa shape index (κ2) is 6.79. The number of hydrogen-bond acceptors (Lipinski definition) is 2. The third kappa shape index (κ3) is 4.02. The van der Waals surface area contributed by atoms with Gasteiger partial charge >= 0.3 is 0 Å².